The van der Waals surface area contributed by atoms with Gasteiger partial charge in [-0.2, -0.15) is 17.9 Å². The van der Waals surface area contributed by atoms with Gasteiger partial charge in [0.1, 0.15) is 0 Å². The number of methoxy groups -OCH3 is 1. The minimum Gasteiger partial charge on any atom is -0.464 e. The van der Waals surface area contributed by atoms with Crippen LogP contribution in [0.3, 0.4) is 0 Å². The molecule has 10 heteroatoms. The van der Waals surface area contributed by atoms with Gasteiger partial charge < -0.3 is 14.2 Å². The van der Waals surface area contributed by atoms with Gasteiger partial charge in [0.25, 0.3) is 10.2 Å². The summed E-state index contributed by atoms with van der Waals surface area (Å²) in [6, 6.07) is -1.74. The van der Waals surface area contributed by atoms with Crippen molar-refractivity contribution in [2.45, 2.75) is 19.9 Å². The summed E-state index contributed by atoms with van der Waals surface area (Å²) in [7, 11) is -2.66. The van der Waals surface area contributed by atoms with E-state index >= 15 is 0 Å². The van der Waals surface area contributed by atoms with Crippen LogP contribution >= 0.6 is 0 Å². The lowest BCUT2D eigenvalue weighted by atomic mass is 10.3. The van der Waals surface area contributed by atoms with Crippen LogP contribution < -0.4 is 9.44 Å². The van der Waals surface area contributed by atoms with E-state index in [9.17, 15) is 18.0 Å². The van der Waals surface area contributed by atoms with Crippen LogP contribution in [0.2, 0.25) is 0 Å². The van der Waals surface area contributed by atoms with Gasteiger partial charge in [-0.3, -0.25) is 0 Å². The highest BCUT2D eigenvalue weighted by Crippen LogP contribution is 1.96. The van der Waals surface area contributed by atoms with Crippen molar-refractivity contribution in [1.29, 1.82) is 0 Å². The highest BCUT2D eigenvalue weighted by atomic mass is 32.2. The Morgan fingerprint density at radius 1 is 1.10 bits per heavy atom. The summed E-state index contributed by atoms with van der Waals surface area (Å²) < 4.78 is 41.2. The average Bonchev–Trinajstić information content (AvgIpc) is 2.36. The third kappa shape index (κ3) is 7.38. The first-order valence-corrected chi connectivity index (χ1v) is 7.45. The van der Waals surface area contributed by atoms with E-state index in [0.717, 1.165) is 0 Å². The molecule has 9 nitrogen and oxygen atoms in total. The summed E-state index contributed by atoms with van der Waals surface area (Å²) in [6.07, 6.45) is 0. The zero-order valence-electron chi connectivity index (χ0n) is 11.7. The predicted octanol–water partition coefficient (Wildman–Crippen LogP) is -1.45. The van der Waals surface area contributed by atoms with Gasteiger partial charge in [-0.1, -0.05) is 0 Å². The normalized spacial score (nSPS) is 11.4. The van der Waals surface area contributed by atoms with E-state index in [0.29, 0.717) is 0 Å². The van der Waals surface area contributed by atoms with E-state index in [4.69, 9.17) is 0 Å². The molecule has 20 heavy (non-hydrogen) atoms. The van der Waals surface area contributed by atoms with Gasteiger partial charge in [0.15, 0.2) is 0 Å². The smallest absolute Gasteiger partial charge is 0.335 e. The number of ether oxygens (including phenoxy) is 3. The summed E-state index contributed by atoms with van der Waals surface area (Å²) in [6.45, 7) is 3.21. The van der Waals surface area contributed by atoms with Crippen LogP contribution in [0.15, 0.2) is 0 Å². The Labute approximate surface area is 118 Å². The van der Waals surface area contributed by atoms with Gasteiger partial charge in [-0.15, -0.1) is 0 Å². The molecule has 0 unspecified atom stereocenters. The molecule has 0 saturated carbocycles. The molecule has 0 bridgehead atoms. The van der Waals surface area contributed by atoms with Crippen LogP contribution in [0, 0.1) is 0 Å². The Bertz CT molecular complexity index is 392. The Morgan fingerprint density at radius 2 is 1.60 bits per heavy atom. The topological polar surface area (TPSA) is 120 Å². The molecule has 0 radical (unpaired) electrons. The monoisotopic (exact) mass is 312 g/mol. The lowest BCUT2D eigenvalue weighted by molar-refractivity contribution is -0.157. The minimum atomic E-state index is -4.06. The Balaban J connectivity index is 4.78. The first-order valence-electron chi connectivity index (χ1n) is 5.97. The zero-order chi connectivity index (χ0) is 15.6. The van der Waals surface area contributed by atoms with Crippen LogP contribution in [-0.4, -0.2) is 59.9 Å². The first kappa shape index (κ1) is 18.8. The van der Waals surface area contributed by atoms with Gasteiger partial charge in [-0.05, 0) is 13.8 Å². The molecule has 0 aromatic carbocycles. The fourth-order valence-electron chi connectivity index (χ4n) is 1.12. The Kier molecular flexibility index (Phi) is 9.05. The molecule has 2 N–H and O–H groups in total. The van der Waals surface area contributed by atoms with Gasteiger partial charge in [0.05, 0.1) is 19.8 Å². The maximum atomic E-state index is 11.6. The molecule has 0 aliphatic heterocycles. The second-order valence-corrected chi connectivity index (χ2v) is 4.98. The fraction of sp³-hybridized carbons (Fsp3) is 0.800. The van der Waals surface area contributed by atoms with Gasteiger partial charge in [0, 0.05) is 13.7 Å². The van der Waals surface area contributed by atoms with Crippen molar-refractivity contribution >= 4 is 22.1 Å². The Hall–Kier alpha value is -1.23. The van der Waals surface area contributed by atoms with E-state index in [1.54, 1.807) is 0 Å². The van der Waals surface area contributed by atoms with Gasteiger partial charge in [0.2, 0.25) is 6.04 Å². The third-order valence-corrected chi connectivity index (χ3v) is 3.05. The number of hydrogen-bond acceptors (Lipinski definition) is 7. The first-order chi connectivity index (χ1) is 9.37. The predicted molar refractivity (Wildman–Crippen MR) is 69.0 cm³/mol. The molecule has 0 aliphatic rings. The summed E-state index contributed by atoms with van der Waals surface area (Å²) in [5, 5.41) is 0. The van der Waals surface area contributed by atoms with Crippen molar-refractivity contribution < 1.29 is 32.2 Å². The quantitative estimate of drug-likeness (QED) is 0.288. The molecular weight excluding hydrogens is 292 g/mol. The second kappa shape index (κ2) is 9.64. The standard InChI is InChI=1S/C10H20N2O7S/c1-4-18-9(13)8(10(14)19-5-2)12-20(15,16)11-6-7-17-3/h8,11-12H,4-7H2,1-3H3. The molecule has 0 atom stereocenters. The molecule has 0 spiro atoms. The second-order valence-electron chi connectivity index (χ2n) is 3.45. The van der Waals surface area contributed by atoms with Crippen molar-refractivity contribution in [2.75, 3.05) is 33.5 Å². The van der Waals surface area contributed by atoms with Crippen molar-refractivity contribution in [3.8, 4) is 0 Å². The van der Waals surface area contributed by atoms with E-state index in [2.05, 4.69) is 18.9 Å². The van der Waals surface area contributed by atoms with Crippen molar-refractivity contribution in [2.24, 2.45) is 0 Å². The van der Waals surface area contributed by atoms with Crippen molar-refractivity contribution in [3.05, 3.63) is 0 Å². The molecule has 0 saturated heterocycles. The minimum absolute atomic E-state index is 0.00751. The number of hydrogen-bond donors (Lipinski definition) is 2. The molecule has 118 valence electrons. The number of nitrogens with one attached hydrogen (secondary N) is 2. The van der Waals surface area contributed by atoms with Crippen molar-refractivity contribution in [1.82, 2.24) is 9.44 Å². The number of rotatable bonds is 10. The van der Waals surface area contributed by atoms with Crippen molar-refractivity contribution in [3.63, 3.8) is 0 Å². The van der Waals surface area contributed by atoms with Crippen LogP contribution in [0.4, 0.5) is 0 Å². The SMILES string of the molecule is CCOC(=O)C(NS(=O)(=O)NCCOC)C(=O)OCC. The van der Waals surface area contributed by atoms with Crippen LogP contribution in [0.25, 0.3) is 0 Å². The molecule has 0 rings (SSSR count). The molecule has 0 heterocycles. The largest absolute Gasteiger partial charge is 0.464 e. The van der Waals surface area contributed by atoms with E-state index in [-0.39, 0.29) is 26.4 Å². The van der Waals surface area contributed by atoms with Crippen LogP contribution in [-0.2, 0) is 34.0 Å². The summed E-state index contributed by atoms with van der Waals surface area (Å²) in [4.78, 5) is 23.1. The molecule has 0 aromatic heterocycles. The average molecular weight is 312 g/mol. The number of carbonyl (C=O) groups is 2. The van der Waals surface area contributed by atoms with Crippen LogP contribution in [0.1, 0.15) is 13.8 Å². The maximum absolute atomic E-state index is 11.6. The highest BCUT2D eigenvalue weighted by molar-refractivity contribution is 7.87. The van der Waals surface area contributed by atoms with E-state index in [1.165, 1.54) is 21.0 Å². The summed E-state index contributed by atoms with van der Waals surface area (Å²) in [5.74, 6) is -2.05. The Morgan fingerprint density at radius 3 is 2.00 bits per heavy atom. The third-order valence-electron chi connectivity index (χ3n) is 1.92. The fourth-order valence-corrected chi connectivity index (χ4v) is 2.06. The molecule has 0 aliphatic carbocycles. The summed E-state index contributed by atoms with van der Waals surface area (Å²) in [5.41, 5.74) is 0. The lowest BCUT2D eigenvalue weighted by Gasteiger charge is -2.16. The molecular formula is C10H20N2O7S. The molecule has 0 fully saturated rings. The molecule has 0 amide bonds. The number of esters is 2. The zero-order valence-corrected chi connectivity index (χ0v) is 12.5. The van der Waals surface area contributed by atoms with Gasteiger partial charge in [-0.25, -0.2) is 9.59 Å². The molecule has 0 aromatic rings. The van der Waals surface area contributed by atoms with E-state index < -0.39 is 28.2 Å². The summed E-state index contributed by atoms with van der Waals surface area (Å²) >= 11 is 0. The highest BCUT2D eigenvalue weighted by Gasteiger charge is 2.33. The lowest BCUT2D eigenvalue weighted by Crippen LogP contribution is -2.52. The number of carbonyl (C=O) groups excluding carboxylic acids is 2. The van der Waals surface area contributed by atoms with Crippen LogP contribution in [0.5, 0.6) is 0 Å². The maximum Gasteiger partial charge on any atom is 0.335 e. The van der Waals surface area contributed by atoms with E-state index in [1.807, 2.05) is 4.72 Å². The van der Waals surface area contributed by atoms with Gasteiger partial charge >= 0.3 is 11.9 Å².